The smallest absolute Gasteiger partial charge is 0.325 e. The summed E-state index contributed by atoms with van der Waals surface area (Å²) in [4.78, 5) is 33.4. The SMILES string of the molecule is [2H][C@@H]1[C@H](c2ccccc2)ON(c2ccccc2)[C@H](c2ccccc2)C1(C(=O)OC)C(=O)OC. The molecule has 0 spiro atoms. The molecule has 0 radical (unpaired) electrons. The lowest BCUT2D eigenvalue weighted by Gasteiger charge is -2.49. The van der Waals surface area contributed by atoms with Crippen molar-refractivity contribution in [1.82, 2.24) is 0 Å². The Bertz CT molecular complexity index is 1080. The summed E-state index contributed by atoms with van der Waals surface area (Å²) in [5.41, 5.74) is -0.140. The maximum atomic E-state index is 13.5. The number of hydrogen-bond donors (Lipinski definition) is 0. The zero-order valence-corrected chi connectivity index (χ0v) is 17.9. The molecule has 3 aromatic rings. The van der Waals surface area contributed by atoms with Crippen LogP contribution in [0, 0.1) is 5.41 Å². The van der Waals surface area contributed by atoms with Crippen molar-refractivity contribution in [3.63, 3.8) is 0 Å². The van der Waals surface area contributed by atoms with Crippen LogP contribution in [0.15, 0.2) is 91.0 Å². The predicted octanol–water partition coefficient (Wildman–Crippen LogP) is 4.64. The molecule has 32 heavy (non-hydrogen) atoms. The summed E-state index contributed by atoms with van der Waals surface area (Å²) in [7, 11) is 2.42. The van der Waals surface area contributed by atoms with Crippen molar-refractivity contribution in [2.45, 2.75) is 18.5 Å². The van der Waals surface area contributed by atoms with Gasteiger partial charge >= 0.3 is 11.9 Å². The Morgan fingerprint density at radius 2 is 1.31 bits per heavy atom. The van der Waals surface area contributed by atoms with E-state index >= 15 is 0 Å². The molecule has 3 atom stereocenters. The highest BCUT2D eigenvalue weighted by Crippen LogP contribution is 2.53. The molecular formula is C26H25NO5. The Hall–Kier alpha value is -3.64. The highest BCUT2D eigenvalue weighted by molar-refractivity contribution is 6.02. The maximum Gasteiger partial charge on any atom is 0.325 e. The number of benzene rings is 3. The molecule has 0 unspecified atom stereocenters. The van der Waals surface area contributed by atoms with Gasteiger partial charge in [0.25, 0.3) is 0 Å². The standard InChI is InChI=1S/C26H25NO5/c1-30-24(28)26(25(29)31-2)18-22(19-12-6-3-7-13-19)32-27(21-16-10-5-11-17-21)23(26)20-14-8-4-9-15-20/h3-17,22-23H,18H2,1-2H3/t22-,23-/m1/s1/i18D/t18-,22-,23-. The summed E-state index contributed by atoms with van der Waals surface area (Å²) in [6.45, 7) is 0. The van der Waals surface area contributed by atoms with Crippen molar-refractivity contribution in [2.75, 3.05) is 19.3 Å². The van der Waals surface area contributed by atoms with Gasteiger partial charge in [-0.3, -0.25) is 14.4 Å². The quantitative estimate of drug-likeness (QED) is 0.432. The van der Waals surface area contributed by atoms with Crippen LogP contribution in [-0.2, 0) is 23.9 Å². The fraction of sp³-hybridized carbons (Fsp3) is 0.231. The van der Waals surface area contributed by atoms with Gasteiger partial charge in [-0.05, 0) is 23.3 Å². The van der Waals surface area contributed by atoms with Crippen LogP contribution < -0.4 is 5.06 Å². The molecule has 3 aromatic carbocycles. The van der Waals surface area contributed by atoms with E-state index in [-0.39, 0.29) is 0 Å². The van der Waals surface area contributed by atoms with Gasteiger partial charge in [-0.1, -0.05) is 78.9 Å². The highest BCUT2D eigenvalue weighted by Gasteiger charge is 2.62. The molecular weight excluding hydrogens is 406 g/mol. The lowest BCUT2D eigenvalue weighted by Crippen LogP contribution is -2.56. The molecule has 6 nitrogen and oxygen atoms in total. The van der Waals surface area contributed by atoms with Crippen molar-refractivity contribution >= 4 is 17.6 Å². The van der Waals surface area contributed by atoms with Crippen LogP contribution in [0.4, 0.5) is 5.69 Å². The van der Waals surface area contributed by atoms with E-state index in [9.17, 15) is 11.0 Å². The Morgan fingerprint density at radius 1 is 0.844 bits per heavy atom. The van der Waals surface area contributed by atoms with Crippen molar-refractivity contribution in [1.29, 1.82) is 0 Å². The van der Waals surface area contributed by atoms with Crippen LogP contribution in [0.3, 0.4) is 0 Å². The number of para-hydroxylation sites is 1. The number of hydrogen-bond acceptors (Lipinski definition) is 6. The number of nitrogens with zero attached hydrogens (tertiary/aromatic N) is 1. The molecule has 0 N–H and O–H groups in total. The van der Waals surface area contributed by atoms with Crippen molar-refractivity contribution in [2.24, 2.45) is 5.41 Å². The number of hydroxylamine groups is 1. The lowest BCUT2D eigenvalue weighted by molar-refractivity contribution is -0.186. The zero-order valence-electron chi connectivity index (χ0n) is 18.9. The molecule has 4 rings (SSSR count). The summed E-state index contributed by atoms with van der Waals surface area (Å²) in [6.07, 6.45) is -2.30. The predicted molar refractivity (Wildman–Crippen MR) is 119 cm³/mol. The second-order valence-corrected chi connectivity index (χ2v) is 7.43. The van der Waals surface area contributed by atoms with Gasteiger partial charge in [-0.2, -0.15) is 0 Å². The van der Waals surface area contributed by atoms with Gasteiger partial charge in [0.05, 0.1) is 19.9 Å². The highest BCUT2D eigenvalue weighted by atomic mass is 16.7. The first-order chi connectivity index (χ1) is 16.1. The molecule has 0 saturated carbocycles. The monoisotopic (exact) mass is 432 g/mol. The van der Waals surface area contributed by atoms with Crippen molar-refractivity contribution < 1.29 is 25.3 Å². The minimum atomic E-state index is -2.03. The van der Waals surface area contributed by atoms with Crippen LogP contribution in [0.25, 0.3) is 0 Å². The Balaban J connectivity index is 2.02. The molecule has 0 amide bonds. The lowest BCUT2D eigenvalue weighted by atomic mass is 9.70. The fourth-order valence-electron chi connectivity index (χ4n) is 4.13. The first kappa shape index (κ1) is 20.3. The third-order valence-corrected chi connectivity index (χ3v) is 5.61. The first-order valence-electron chi connectivity index (χ1n) is 10.8. The number of carbonyl (C=O) groups excluding carboxylic acids is 2. The van der Waals surface area contributed by atoms with Gasteiger partial charge in [0.1, 0.15) is 12.1 Å². The summed E-state index contributed by atoms with van der Waals surface area (Å²) in [5, 5.41) is 1.53. The minimum absolute atomic E-state index is 0.612. The van der Waals surface area contributed by atoms with E-state index in [0.717, 1.165) is 0 Å². The van der Waals surface area contributed by atoms with Crippen LogP contribution in [0.5, 0.6) is 0 Å². The second-order valence-electron chi connectivity index (χ2n) is 7.43. The Kier molecular flexibility index (Phi) is 5.85. The molecule has 1 aliphatic rings. The van der Waals surface area contributed by atoms with Crippen LogP contribution >= 0.6 is 0 Å². The number of ether oxygens (including phenoxy) is 2. The average molecular weight is 432 g/mol. The topological polar surface area (TPSA) is 65.1 Å². The number of methoxy groups -OCH3 is 2. The van der Waals surface area contributed by atoms with Gasteiger partial charge < -0.3 is 9.47 Å². The molecule has 164 valence electrons. The Morgan fingerprint density at radius 3 is 1.81 bits per heavy atom. The first-order valence-corrected chi connectivity index (χ1v) is 10.3. The van der Waals surface area contributed by atoms with E-state index in [1.807, 2.05) is 54.6 Å². The van der Waals surface area contributed by atoms with Crippen LogP contribution in [-0.4, -0.2) is 26.2 Å². The van der Waals surface area contributed by atoms with Gasteiger partial charge in [0, 0.05) is 7.77 Å². The number of anilines is 1. The van der Waals surface area contributed by atoms with E-state index in [1.54, 1.807) is 36.4 Å². The maximum absolute atomic E-state index is 13.5. The number of rotatable bonds is 5. The molecule has 1 heterocycles. The average Bonchev–Trinajstić information content (AvgIpc) is 2.89. The van der Waals surface area contributed by atoms with Crippen LogP contribution in [0.1, 0.15) is 31.0 Å². The number of esters is 2. The minimum Gasteiger partial charge on any atom is -0.468 e. The fourth-order valence-corrected chi connectivity index (χ4v) is 4.13. The summed E-state index contributed by atoms with van der Waals surface area (Å²) >= 11 is 0. The van der Waals surface area contributed by atoms with Gasteiger partial charge in [0.15, 0.2) is 5.41 Å². The van der Waals surface area contributed by atoms with E-state index in [4.69, 9.17) is 14.3 Å². The zero-order chi connectivity index (χ0) is 23.4. The van der Waals surface area contributed by atoms with E-state index < -0.39 is 35.9 Å². The largest absolute Gasteiger partial charge is 0.468 e. The number of carbonyl (C=O) groups is 2. The van der Waals surface area contributed by atoms with Gasteiger partial charge in [0.2, 0.25) is 0 Å². The second kappa shape index (κ2) is 9.24. The third-order valence-electron chi connectivity index (χ3n) is 5.61. The molecule has 0 aliphatic carbocycles. The van der Waals surface area contributed by atoms with E-state index in [1.165, 1.54) is 19.3 Å². The molecule has 6 heteroatoms. The molecule has 0 aromatic heterocycles. The summed E-state index contributed by atoms with van der Waals surface area (Å²) < 4.78 is 19.5. The van der Waals surface area contributed by atoms with E-state index in [0.29, 0.717) is 16.8 Å². The van der Waals surface area contributed by atoms with Crippen molar-refractivity contribution in [3.05, 3.63) is 102 Å². The summed E-state index contributed by atoms with van der Waals surface area (Å²) in [5.74, 6) is -1.71. The van der Waals surface area contributed by atoms with Crippen LogP contribution in [0.2, 0.25) is 0 Å². The normalized spacial score (nSPS) is 22.5. The van der Waals surface area contributed by atoms with Gasteiger partial charge in [-0.25, -0.2) is 5.06 Å². The van der Waals surface area contributed by atoms with Gasteiger partial charge in [-0.15, -0.1) is 0 Å². The molecule has 0 bridgehead atoms. The third kappa shape index (κ3) is 3.74. The Labute approximate surface area is 188 Å². The van der Waals surface area contributed by atoms with E-state index in [2.05, 4.69) is 0 Å². The molecule has 1 saturated heterocycles. The molecule has 1 aliphatic heterocycles. The summed E-state index contributed by atoms with van der Waals surface area (Å²) in [6, 6.07) is 26.3. The van der Waals surface area contributed by atoms with Crippen molar-refractivity contribution in [3.8, 4) is 0 Å². The molecule has 1 fully saturated rings.